The Balaban J connectivity index is 2.13. The van der Waals surface area contributed by atoms with E-state index in [4.69, 9.17) is 11.6 Å². The molecule has 0 radical (unpaired) electrons. The van der Waals surface area contributed by atoms with Crippen LogP contribution in [0.3, 0.4) is 0 Å². The van der Waals surface area contributed by atoms with Crippen LogP contribution < -0.4 is 4.31 Å². The Morgan fingerprint density at radius 2 is 1.85 bits per heavy atom. The zero-order chi connectivity index (χ0) is 20.0. The molecule has 0 saturated carbocycles. The monoisotopic (exact) mass is 409 g/mol. The third-order valence-electron chi connectivity index (χ3n) is 4.41. The minimum absolute atomic E-state index is 0.334. The molecule has 2 rings (SSSR count). The van der Waals surface area contributed by atoms with Gasteiger partial charge in [0.1, 0.15) is 0 Å². The van der Waals surface area contributed by atoms with Crippen LogP contribution in [0.2, 0.25) is 5.02 Å². The number of aliphatic carboxylic acids is 1. The van der Waals surface area contributed by atoms with Crippen molar-refractivity contribution in [3.05, 3.63) is 64.7 Å². The molecule has 7 heteroatoms. The minimum atomic E-state index is -3.44. The highest BCUT2D eigenvalue weighted by molar-refractivity contribution is 7.92. The lowest BCUT2D eigenvalue weighted by molar-refractivity contribution is -0.138. The van der Waals surface area contributed by atoms with Gasteiger partial charge in [0.15, 0.2) is 0 Å². The average molecular weight is 410 g/mol. The molecule has 0 aliphatic carbocycles. The molecule has 5 nitrogen and oxygen atoms in total. The van der Waals surface area contributed by atoms with Crippen molar-refractivity contribution in [2.24, 2.45) is 0 Å². The number of benzene rings is 2. The SMILES string of the molecule is CCC(C(=O)O)c1ccc(N(CCCc2cccc(Cl)c2)S(C)(=O)=O)cc1. The van der Waals surface area contributed by atoms with E-state index in [-0.39, 0.29) is 0 Å². The molecule has 27 heavy (non-hydrogen) atoms. The van der Waals surface area contributed by atoms with Crippen LogP contribution in [0, 0.1) is 0 Å². The second kappa shape index (κ2) is 9.24. The molecule has 0 saturated heterocycles. The van der Waals surface area contributed by atoms with Gasteiger partial charge >= 0.3 is 5.97 Å². The Morgan fingerprint density at radius 3 is 2.37 bits per heavy atom. The van der Waals surface area contributed by atoms with Crippen LogP contribution in [-0.2, 0) is 21.2 Å². The average Bonchev–Trinajstić information content (AvgIpc) is 2.59. The summed E-state index contributed by atoms with van der Waals surface area (Å²) in [7, 11) is -3.44. The zero-order valence-electron chi connectivity index (χ0n) is 15.4. The van der Waals surface area contributed by atoms with Crippen LogP contribution in [0.5, 0.6) is 0 Å². The first-order valence-corrected chi connectivity index (χ1v) is 11.0. The van der Waals surface area contributed by atoms with Crippen molar-refractivity contribution in [1.82, 2.24) is 0 Å². The van der Waals surface area contributed by atoms with Crippen LogP contribution in [0.4, 0.5) is 5.69 Å². The summed E-state index contributed by atoms with van der Waals surface area (Å²) in [6, 6.07) is 14.2. The number of hydrogen-bond acceptors (Lipinski definition) is 3. The molecule has 2 aromatic carbocycles. The number of rotatable bonds is 9. The molecule has 0 fully saturated rings. The Morgan fingerprint density at radius 1 is 1.19 bits per heavy atom. The van der Waals surface area contributed by atoms with E-state index in [2.05, 4.69) is 0 Å². The quantitative estimate of drug-likeness (QED) is 0.669. The summed E-state index contributed by atoms with van der Waals surface area (Å²) < 4.78 is 25.8. The predicted molar refractivity (Wildman–Crippen MR) is 109 cm³/mol. The summed E-state index contributed by atoms with van der Waals surface area (Å²) in [5, 5.41) is 9.92. The van der Waals surface area contributed by atoms with Crippen molar-refractivity contribution < 1.29 is 18.3 Å². The molecule has 1 N–H and O–H groups in total. The topological polar surface area (TPSA) is 74.7 Å². The van der Waals surface area contributed by atoms with E-state index in [1.807, 2.05) is 25.1 Å². The van der Waals surface area contributed by atoms with Gasteiger partial charge in [-0.2, -0.15) is 0 Å². The highest BCUT2D eigenvalue weighted by atomic mass is 35.5. The first-order valence-electron chi connectivity index (χ1n) is 8.77. The highest BCUT2D eigenvalue weighted by Gasteiger charge is 2.20. The molecule has 0 aliphatic heterocycles. The maximum Gasteiger partial charge on any atom is 0.310 e. The molecule has 1 atom stereocenters. The van der Waals surface area contributed by atoms with Gasteiger partial charge in [0.2, 0.25) is 10.0 Å². The summed E-state index contributed by atoms with van der Waals surface area (Å²) in [6.45, 7) is 2.15. The van der Waals surface area contributed by atoms with Crippen molar-refractivity contribution >= 4 is 33.3 Å². The van der Waals surface area contributed by atoms with E-state index >= 15 is 0 Å². The molecule has 0 aromatic heterocycles. The first kappa shape index (κ1) is 21.3. The number of anilines is 1. The van der Waals surface area contributed by atoms with Gasteiger partial charge in [-0.25, -0.2) is 8.42 Å². The van der Waals surface area contributed by atoms with Crippen LogP contribution in [0.25, 0.3) is 0 Å². The molecule has 2 aromatic rings. The van der Waals surface area contributed by atoms with Crippen LogP contribution in [-0.4, -0.2) is 32.3 Å². The lowest BCUT2D eigenvalue weighted by Crippen LogP contribution is -2.31. The van der Waals surface area contributed by atoms with Crippen molar-refractivity contribution in [2.75, 3.05) is 17.1 Å². The van der Waals surface area contributed by atoms with Gasteiger partial charge in [-0.3, -0.25) is 9.10 Å². The fourth-order valence-corrected chi connectivity index (χ4v) is 4.21. The summed E-state index contributed by atoms with van der Waals surface area (Å²) in [4.78, 5) is 11.3. The Kier molecular flexibility index (Phi) is 7.27. The largest absolute Gasteiger partial charge is 0.481 e. The maximum atomic E-state index is 12.2. The van der Waals surface area contributed by atoms with Gasteiger partial charge in [0.05, 0.1) is 17.9 Å². The van der Waals surface area contributed by atoms with Gasteiger partial charge < -0.3 is 5.11 Å². The number of sulfonamides is 1. The second-order valence-electron chi connectivity index (χ2n) is 6.46. The van der Waals surface area contributed by atoms with Gasteiger partial charge in [-0.1, -0.05) is 42.8 Å². The minimum Gasteiger partial charge on any atom is -0.481 e. The number of nitrogens with zero attached hydrogens (tertiary/aromatic N) is 1. The van der Waals surface area contributed by atoms with E-state index in [9.17, 15) is 18.3 Å². The Labute approximate surface area is 165 Å². The fourth-order valence-electron chi connectivity index (χ4n) is 3.03. The van der Waals surface area contributed by atoms with Crippen molar-refractivity contribution in [3.8, 4) is 0 Å². The molecular weight excluding hydrogens is 386 g/mol. The molecule has 0 bridgehead atoms. The molecule has 0 amide bonds. The van der Waals surface area contributed by atoms with Crippen LogP contribution in [0.1, 0.15) is 36.8 Å². The van der Waals surface area contributed by atoms with E-state index in [0.29, 0.717) is 42.1 Å². The predicted octanol–water partition coefficient (Wildman–Crippen LogP) is 4.32. The lowest BCUT2D eigenvalue weighted by atomic mass is 9.96. The highest BCUT2D eigenvalue weighted by Crippen LogP contribution is 2.25. The second-order valence-corrected chi connectivity index (χ2v) is 8.80. The summed E-state index contributed by atoms with van der Waals surface area (Å²) in [6.07, 6.45) is 3.00. The zero-order valence-corrected chi connectivity index (χ0v) is 17.0. The molecule has 0 heterocycles. The maximum absolute atomic E-state index is 12.2. The molecule has 0 aliphatic rings. The summed E-state index contributed by atoms with van der Waals surface area (Å²) >= 11 is 5.98. The van der Waals surface area contributed by atoms with E-state index in [1.54, 1.807) is 30.3 Å². The summed E-state index contributed by atoms with van der Waals surface area (Å²) in [5.41, 5.74) is 2.26. The van der Waals surface area contributed by atoms with Crippen molar-refractivity contribution in [3.63, 3.8) is 0 Å². The number of carboxylic acids is 1. The first-order chi connectivity index (χ1) is 12.7. The fraction of sp³-hybridized carbons (Fsp3) is 0.350. The van der Waals surface area contributed by atoms with Crippen LogP contribution >= 0.6 is 11.6 Å². The van der Waals surface area contributed by atoms with Gasteiger partial charge in [-0.05, 0) is 54.7 Å². The van der Waals surface area contributed by atoms with Gasteiger partial charge in [0, 0.05) is 11.6 Å². The Hall–Kier alpha value is -2.05. The van der Waals surface area contributed by atoms with E-state index in [0.717, 1.165) is 5.56 Å². The lowest BCUT2D eigenvalue weighted by Gasteiger charge is -2.23. The molecule has 1 unspecified atom stereocenters. The molecule has 0 spiro atoms. The Bertz CT molecular complexity index is 881. The van der Waals surface area contributed by atoms with Gasteiger partial charge in [0.25, 0.3) is 0 Å². The third kappa shape index (κ3) is 5.97. The van der Waals surface area contributed by atoms with E-state index in [1.165, 1.54) is 10.6 Å². The molecule has 146 valence electrons. The van der Waals surface area contributed by atoms with Crippen LogP contribution in [0.15, 0.2) is 48.5 Å². The number of halogens is 1. The number of aryl methyl sites for hydroxylation is 1. The normalized spacial score (nSPS) is 12.6. The van der Waals surface area contributed by atoms with E-state index < -0.39 is 21.9 Å². The van der Waals surface area contributed by atoms with Gasteiger partial charge in [-0.15, -0.1) is 0 Å². The third-order valence-corrected chi connectivity index (χ3v) is 5.83. The van der Waals surface area contributed by atoms with Crippen molar-refractivity contribution in [1.29, 1.82) is 0 Å². The number of carboxylic acid groups (broad SMARTS) is 1. The number of carbonyl (C=O) groups is 1. The standard InChI is InChI=1S/C20H24ClNO4S/c1-3-19(20(23)24)16-9-11-18(12-10-16)22(27(2,25)26)13-5-7-15-6-4-8-17(21)14-15/h4,6,8-12,14,19H,3,5,7,13H2,1-2H3,(H,23,24). The van der Waals surface area contributed by atoms with Crippen molar-refractivity contribution in [2.45, 2.75) is 32.1 Å². The number of hydrogen-bond donors (Lipinski definition) is 1. The molecular formula is C20H24ClNO4S. The summed E-state index contributed by atoms with van der Waals surface area (Å²) in [5.74, 6) is -1.47. The smallest absolute Gasteiger partial charge is 0.310 e.